The molecule has 1 aliphatic heterocycles. The topological polar surface area (TPSA) is 26.3 Å². The minimum absolute atomic E-state index is 0.0869. The average Bonchev–Trinajstić information content (AvgIpc) is 2.17. The summed E-state index contributed by atoms with van der Waals surface area (Å²) in [7, 11) is 0. The van der Waals surface area contributed by atoms with Crippen LogP contribution in [-0.4, -0.2) is 18.5 Å². The van der Waals surface area contributed by atoms with Crippen molar-refractivity contribution in [2.24, 2.45) is 0 Å². The maximum atomic E-state index is 11.0. The molecule has 13 heavy (non-hydrogen) atoms. The van der Waals surface area contributed by atoms with Crippen molar-refractivity contribution in [3.8, 4) is 0 Å². The van der Waals surface area contributed by atoms with Gasteiger partial charge in [0.05, 0.1) is 5.38 Å². The molecule has 0 aliphatic carbocycles. The van der Waals surface area contributed by atoms with Crippen molar-refractivity contribution in [2.75, 3.05) is 6.61 Å². The Morgan fingerprint density at radius 2 is 2.08 bits per heavy atom. The molecule has 1 unspecified atom stereocenters. The molecule has 0 bridgehead atoms. The van der Waals surface area contributed by atoms with Crippen LogP contribution >= 0.6 is 11.6 Å². The van der Waals surface area contributed by atoms with Crippen molar-refractivity contribution in [3.05, 3.63) is 35.9 Å². The standard InChI is InChI=1S/C10H9ClO2/c11-9(10-8(12)6-13-10)7-4-2-1-3-5-7/h1-5,9-10H,6H2/t9-,10?/m0/s1. The summed E-state index contributed by atoms with van der Waals surface area (Å²) in [6.07, 6.45) is -0.441. The van der Waals surface area contributed by atoms with Gasteiger partial charge in [-0.1, -0.05) is 30.3 Å². The maximum Gasteiger partial charge on any atom is 0.189 e. The summed E-state index contributed by atoms with van der Waals surface area (Å²) >= 11 is 6.06. The number of alkyl halides is 1. The van der Waals surface area contributed by atoms with Gasteiger partial charge in [-0.25, -0.2) is 0 Å². The summed E-state index contributed by atoms with van der Waals surface area (Å²) in [6, 6.07) is 9.50. The van der Waals surface area contributed by atoms with Gasteiger partial charge in [-0.2, -0.15) is 0 Å². The second kappa shape index (κ2) is 3.48. The van der Waals surface area contributed by atoms with Gasteiger partial charge in [0.25, 0.3) is 0 Å². The molecule has 1 aromatic rings. The lowest BCUT2D eigenvalue weighted by Gasteiger charge is -2.28. The van der Waals surface area contributed by atoms with Crippen LogP contribution in [0.4, 0.5) is 0 Å². The van der Waals surface area contributed by atoms with Crippen LogP contribution in [0.15, 0.2) is 30.3 Å². The summed E-state index contributed by atoms with van der Waals surface area (Å²) in [5.74, 6) is 0.0869. The van der Waals surface area contributed by atoms with E-state index in [0.29, 0.717) is 0 Å². The highest BCUT2D eigenvalue weighted by atomic mass is 35.5. The van der Waals surface area contributed by atoms with E-state index in [1.54, 1.807) is 0 Å². The van der Waals surface area contributed by atoms with Crippen LogP contribution in [0, 0.1) is 0 Å². The molecule has 3 heteroatoms. The molecule has 1 saturated heterocycles. The zero-order valence-electron chi connectivity index (χ0n) is 6.94. The summed E-state index contributed by atoms with van der Waals surface area (Å²) < 4.78 is 5.08. The van der Waals surface area contributed by atoms with E-state index in [2.05, 4.69) is 0 Å². The van der Waals surface area contributed by atoms with E-state index in [9.17, 15) is 4.79 Å². The lowest BCUT2D eigenvalue weighted by molar-refractivity contribution is -0.154. The van der Waals surface area contributed by atoms with Gasteiger partial charge in [-0.05, 0) is 5.56 Å². The Labute approximate surface area is 81.5 Å². The highest BCUT2D eigenvalue weighted by molar-refractivity contribution is 6.23. The molecule has 2 atom stereocenters. The first-order chi connectivity index (χ1) is 6.29. The molecule has 0 saturated carbocycles. The van der Waals surface area contributed by atoms with Crippen molar-refractivity contribution >= 4 is 17.4 Å². The summed E-state index contributed by atoms with van der Waals surface area (Å²) in [6.45, 7) is 0.209. The molecule has 0 spiro atoms. The van der Waals surface area contributed by atoms with Crippen LogP contribution in [0.3, 0.4) is 0 Å². The first-order valence-electron chi connectivity index (χ1n) is 4.12. The van der Waals surface area contributed by atoms with Crippen molar-refractivity contribution in [1.82, 2.24) is 0 Å². The van der Waals surface area contributed by atoms with Crippen LogP contribution in [-0.2, 0) is 9.53 Å². The third kappa shape index (κ3) is 1.60. The number of ether oxygens (including phenoxy) is 1. The fourth-order valence-corrected chi connectivity index (χ4v) is 1.67. The average molecular weight is 197 g/mol. The Kier molecular flexibility index (Phi) is 2.34. The van der Waals surface area contributed by atoms with E-state index >= 15 is 0 Å². The number of carbonyl (C=O) groups is 1. The van der Waals surface area contributed by atoms with Gasteiger partial charge >= 0.3 is 0 Å². The quantitative estimate of drug-likeness (QED) is 0.676. The van der Waals surface area contributed by atoms with Crippen molar-refractivity contribution in [3.63, 3.8) is 0 Å². The van der Waals surface area contributed by atoms with Crippen LogP contribution < -0.4 is 0 Å². The van der Waals surface area contributed by atoms with Gasteiger partial charge in [0, 0.05) is 0 Å². The first-order valence-corrected chi connectivity index (χ1v) is 4.56. The fraction of sp³-hybridized carbons (Fsp3) is 0.300. The smallest absolute Gasteiger partial charge is 0.189 e. The Hall–Kier alpha value is -0.860. The third-order valence-electron chi connectivity index (χ3n) is 2.11. The largest absolute Gasteiger partial charge is 0.361 e. The van der Waals surface area contributed by atoms with Crippen LogP contribution in [0.2, 0.25) is 0 Å². The Balaban J connectivity index is 2.13. The predicted octanol–water partition coefficient (Wildman–Crippen LogP) is 1.93. The number of Topliss-reactive ketones (excluding diaryl/α,β-unsaturated/α-hetero) is 1. The number of hydrogen-bond donors (Lipinski definition) is 0. The van der Waals surface area contributed by atoms with Gasteiger partial charge in [-0.15, -0.1) is 11.6 Å². The molecule has 68 valence electrons. The Morgan fingerprint density at radius 1 is 1.38 bits per heavy atom. The molecule has 2 nitrogen and oxygen atoms in total. The molecule has 2 rings (SSSR count). The SMILES string of the molecule is O=C1COC1[C@@H](Cl)c1ccccc1. The molecule has 0 radical (unpaired) electrons. The van der Waals surface area contributed by atoms with Gasteiger partial charge in [0.2, 0.25) is 0 Å². The van der Waals surface area contributed by atoms with Gasteiger partial charge in [0.15, 0.2) is 5.78 Å². The number of ketones is 1. The summed E-state index contributed by atoms with van der Waals surface area (Å²) in [4.78, 5) is 11.0. The highest BCUT2D eigenvalue weighted by Gasteiger charge is 2.36. The molecule has 1 aliphatic rings. The number of benzene rings is 1. The number of rotatable bonds is 2. The van der Waals surface area contributed by atoms with E-state index in [1.165, 1.54) is 0 Å². The van der Waals surface area contributed by atoms with Crippen LogP contribution in [0.25, 0.3) is 0 Å². The maximum absolute atomic E-state index is 11.0. The number of halogens is 1. The lowest BCUT2D eigenvalue weighted by Crippen LogP contribution is -2.42. The van der Waals surface area contributed by atoms with E-state index in [-0.39, 0.29) is 17.8 Å². The van der Waals surface area contributed by atoms with Crippen LogP contribution in [0.5, 0.6) is 0 Å². The Bertz CT molecular complexity index is 310. The number of hydrogen-bond acceptors (Lipinski definition) is 2. The molecular weight excluding hydrogens is 188 g/mol. The second-order valence-corrected chi connectivity index (χ2v) is 3.48. The molecular formula is C10H9ClO2. The minimum atomic E-state index is -0.441. The first kappa shape index (κ1) is 8.73. The monoisotopic (exact) mass is 196 g/mol. The molecule has 1 aromatic carbocycles. The zero-order valence-corrected chi connectivity index (χ0v) is 7.70. The summed E-state index contributed by atoms with van der Waals surface area (Å²) in [5, 5.41) is -0.345. The lowest BCUT2D eigenvalue weighted by atomic mass is 10.0. The van der Waals surface area contributed by atoms with E-state index in [4.69, 9.17) is 16.3 Å². The van der Waals surface area contributed by atoms with Crippen LogP contribution in [0.1, 0.15) is 10.9 Å². The highest BCUT2D eigenvalue weighted by Crippen LogP contribution is 2.30. The van der Waals surface area contributed by atoms with E-state index in [1.807, 2.05) is 30.3 Å². The molecule has 0 N–H and O–H groups in total. The second-order valence-electron chi connectivity index (χ2n) is 3.01. The third-order valence-corrected chi connectivity index (χ3v) is 2.59. The van der Waals surface area contributed by atoms with Crippen molar-refractivity contribution in [1.29, 1.82) is 0 Å². The summed E-state index contributed by atoms with van der Waals surface area (Å²) in [5.41, 5.74) is 0.933. The molecule has 0 amide bonds. The van der Waals surface area contributed by atoms with Gasteiger partial charge in [0.1, 0.15) is 12.7 Å². The van der Waals surface area contributed by atoms with Gasteiger partial charge < -0.3 is 4.74 Å². The number of carbonyl (C=O) groups excluding carboxylic acids is 1. The molecule has 1 heterocycles. The fourth-order valence-electron chi connectivity index (χ4n) is 1.31. The Morgan fingerprint density at radius 3 is 2.54 bits per heavy atom. The zero-order chi connectivity index (χ0) is 9.26. The van der Waals surface area contributed by atoms with E-state index in [0.717, 1.165) is 5.56 Å². The predicted molar refractivity (Wildman–Crippen MR) is 49.8 cm³/mol. The van der Waals surface area contributed by atoms with E-state index < -0.39 is 6.10 Å². The molecule has 1 fully saturated rings. The molecule has 0 aromatic heterocycles. The van der Waals surface area contributed by atoms with Crippen molar-refractivity contribution < 1.29 is 9.53 Å². The minimum Gasteiger partial charge on any atom is -0.361 e. The van der Waals surface area contributed by atoms with Crippen molar-refractivity contribution in [2.45, 2.75) is 11.5 Å². The normalized spacial score (nSPS) is 23.8. The van der Waals surface area contributed by atoms with Gasteiger partial charge in [-0.3, -0.25) is 4.79 Å².